The van der Waals surface area contributed by atoms with Gasteiger partial charge < -0.3 is 15.7 Å². The summed E-state index contributed by atoms with van der Waals surface area (Å²) in [6.45, 7) is -0.263. The number of carbonyl (C=O) groups is 1. The quantitative estimate of drug-likeness (QED) is 0.411. The van der Waals surface area contributed by atoms with Crippen LogP contribution in [0.3, 0.4) is 0 Å². The monoisotopic (exact) mass is 434 g/mol. The lowest BCUT2D eigenvalue weighted by atomic mass is 10.1. The predicted octanol–water partition coefficient (Wildman–Crippen LogP) is 3.52. The highest BCUT2D eigenvalue weighted by Gasteiger charge is 2.17. The molecule has 0 aliphatic carbocycles. The van der Waals surface area contributed by atoms with E-state index in [-0.39, 0.29) is 12.5 Å². The molecule has 0 radical (unpaired) electrons. The predicted molar refractivity (Wildman–Crippen MR) is 118 cm³/mol. The maximum absolute atomic E-state index is 12.7. The van der Waals surface area contributed by atoms with Crippen molar-refractivity contribution in [3.8, 4) is 5.82 Å². The van der Waals surface area contributed by atoms with Crippen LogP contribution in [0.1, 0.15) is 22.0 Å². The Balaban J connectivity index is 1.49. The number of para-hydroxylation sites is 1. The van der Waals surface area contributed by atoms with Crippen LogP contribution in [0.5, 0.6) is 0 Å². The second-order valence-electron chi connectivity index (χ2n) is 6.67. The van der Waals surface area contributed by atoms with Gasteiger partial charge in [-0.1, -0.05) is 41.9 Å². The molecule has 0 spiro atoms. The summed E-state index contributed by atoms with van der Waals surface area (Å²) in [5, 5.41) is 20.4. The average Bonchev–Trinajstić information content (AvgIpc) is 3.29. The van der Waals surface area contributed by atoms with Crippen LogP contribution in [0.2, 0.25) is 5.02 Å². The lowest BCUT2D eigenvalue weighted by molar-refractivity contribution is 0.0916. The standard InChI is InChI=1S/C22H19ClN6O2/c23-17-6-4-5-15(11-17)19(14-30)27-21(31)16-12-25-29(13-16)20-9-10-24-22(28-20)26-18-7-2-1-3-8-18/h1-13,19,30H,14H2,(H,27,31)(H,24,26,28). The van der Waals surface area contributed by atoms with E-state index < -0.39 is 6.04 Å². The van der Waals surface area contributed by atoms with Gasteiger partial charge in [-0.3, -0.25) is 4.79 Å². The molecule has 0 aliphatic heterocycles. The van der Waals surface area contributed by atoms with Gasteiger partial charge in [0.1, 0.15) is 0 Å². The lowest BCUT2D eigenvalue weighted by Gasteiger charge is -2.16. The largest absolute Gasteiger partial charge is 0.394 e. The molecule has 0 saturated carbocycles. The Kier molecular flexibility index (Phi) is 6.21. The Morgan fingerprint density at radius 2 is 1.97 bits per heavy atom. The van der Waals surface area contributed by atoms with Crippen molar-refractivity contribution in [1.29, 1.82) is 0 Å². The third-order valence-corrected chi connectivity index (χ3v) is 4.72. The summed E-state index contributed by atoms with van der Waals surface area (Å²) < 4.78 is 1.49. The maximum atomic E-state index is 12.7. The van der Waals surface area contributed by atoms with Crippen LogP contribution in [0, 0.1) is 0 Å². The second kappa shape index (κ2) is 9.38. The summed E-state index contributed by atoms with van der Waals surface area (Å²) in [5.41, 5.74) is 1.90. The molecule has 0 bridgehead atoms. The molecule has 156 valence electrons. The van der Waals surface area contributed by atoms with Crippen molar-refractivity contribution in [2.75, 3.05) is 11.9 Å². The molecule has 31 heavy (non-hydrogen) atoms. The molecule has 1 atom stereocenters. The van der Waals surface area contributed by atoms with Crippen molar-refractivity contribution in [1.82, 2.24) is 25.1 Å². The summed E-state index contributed by atoms with van der Waals surface area (Å²) in [6, 6.07) is 17.6. The number of amides is 1. The van der Waals surface area contributed by atoms with Crippen LogP contribution in [0.25, 0.3) is 5.82 Å². The van der Waals surface area contributed by atoms with Gasteiger partial charge >= 0.3 is 0 Å². The van der Waals surface area contributed by atoms with Crippen molar-refractivity contribution in [2.24, 2.45) is 0 Å². The second-order valence-corrected chi connectivity index (χ2v) is 7.10. The molecule has 8 nitrogen and oxygen atoms in total. The summed E-state index contributed by atoms with van der Waals surface area (Å²) >= 11 is 6.01. The van der Waals surface area contributed by atoms with Gasteiger partial charge in [-0.25, -0.2) is 9.67 Å². The molecular formula is C22H19ClN6O2. The molecule has 1 amide bonds. The van der Waals surface area contributed by atoms with Gasteiger partial charge in [0.2, 0.25) is 5.95 Å². The highest BCUT2D eigenvalue weighted by molar-refractivity contribution is 6.30. The Morgan fingerprint density at radius 1 is 1.13 bits per heavy atom. The fourth-order valence-electron chi connectivity index (χ4n) is 2.95. The molecule has 0 saturated heterocycles. The minimum atomic E-state index is -0.588. The summed E-state index contributed by atoms with van der Waals surface area (Å²) in [4.78, 5) is 21.3. The smallest absolute Gasteiger partial charge is 0.255 e. The SMILES string of the molecule is O=C(NC(CO)c1cccc(Cl)c1)c1cnn(-c2ccnc(Nc3ccccc3)n2)c1. The number of anilines is 2. The van der Waals surface area contributed by atoms with Crippen molar-refractivity contribution in [3.63, 3.8) is 0 Å². The molecule has 1 unspecified atom stereocenters. The van der Waals surface area contributed by atoms with Crippen molar-refractivity contribution >= 4 is 29.1 Å². The van der Waals surface area contributed by atoms with E-state index in [2.05, 4.69) is 25.7 Å². The van der Waals surface area contributed by atoms with E-state index >= 15 is 0 Å². The number of rotatable bonds is 7. The van der Waals surface area contributed by atoms with Gasteiger partial charge in [0, 0.05) is 29.2 Å². The molecule has 2 heterocycles. The number of aliphatic hydroxyl groups excluding tert-OH is 1. The maximum Gasteiger partial charge on any atom is 0.255 e. The topological polar surface area (TPSA) is 105 Å². The van der Waals surface area contributed by atoms with E-state index in [0.717, 1.165) is 5.69 Å². The number of hydrogen-bond donors (Lipinski definition) is 3. The Hall–Kier alpha value is -3.75. The molecule has 3 N–H and O–H groups in total. The van der Waals surface area contributed by atoms with Crippen LogP contribution >= 0.6 is 11.6 Å². The fourth-order valence-corrected chi connectivity index (χ4v) is 3.15. The molecule has 2 aromatic carbocycles. The minimum absolute atomic E-state index is 0.263. The van der Waals surface area contributed by atoms with E-state index in [1.807, 2.05) is 30.3 Å². The van der Waals surface area contributed by atoms with Gasteiger partial charge in [0.25, 0.3) is 5.91 Å². The highest BCUT2D eigenvalue weighted by atomic mass is 35.5. The Bertz CT molecular complexity index is 1180. The van der Waals surface area contributed by atoms with E-state index in [4.69, 9.17) is 11.6 Å². The molecule has 4 aromatic rings. The number of halogens is 1. The van der Waals surface area contributed by atoms with Crippen LogP contribution in [-0.4, -0.2) is 37.4 Å². The lowest BCUT2D eigenvalue weighted by Crippen LogP contribution is -2.30. The number of aromatic nitrogens is 4. The summed E-state index contributed by atoms with van der Waals surface area (Å²) in [5.74, 6) is 0.537. The summed E-state index contributed by atoms with van der Waals surface area (Å²) in [7, 11) is 0. The van der Waals surface area contributed by atoms with Crippen LogP contribution in [0.4, 0.5) is 11.6 Å². The number of nitrogens with zero attached hydrogens (tertiary/aromatic N) is 4. The van der Waals surface area contributed by atoms with Crippen LogP contribution in [-0.2, 0) is 0 Å². The van der Waals surface area contributed by atoms with E-state index in [1.165, 1.54) is 10.9 Å². The van der Waals surface area contributed by atoms with Gasteiger partial charge in [0.15, 0.2) is 5.82 Å². The molecule has 2 aromatic heterocycles. The Labute approximate surface area is 183 Å². The molecule has 9 heteroatoms. The van der Waals surface area contributed by atoms with Gasteiger partial charge in [-0.05, 0) is 29.8 Å². The van der Waals surface area contributed by atoms with Gasteiger partial charge in [0.05, 0.1) is 24.4 Å². The van der Waals surface area contributed by atoms with E-state index in [0.29, 0.717) is 27.9 Å². The molecule has 0 fully saturated rings. The van der Waals surface area contributed by atoms with Crippen molar-refractivity contribution in [3.05, 3.63) is 95.4 Å². The first-order valence-corrected chi connectivity index (χ1v) is 9.87. The number of benzene rings is 2. The van der Waals surface area contributed by atoms with Crippen LogP contribution in [0.15, 0.2) is 79.3 Å². The highest BCUT2D eigenvalue weighted by Crippen LogP contribution is 2.18. The van der Waals surface area contributed by atoms with Crippen molar-refractivity contribution in [2.45, 2.75) is 6.04 Å². The minimum Gasteiger partial charge on any atom is -0.394 e. The normalized spacial score (nSPS) is 11.7. The van der Waals surface area contributed by atoms with E-state index in [9.17, 15) is 9.90 Å². The first kappa shape index (κ1) is 20.5. The van der Waals surface area contributed by atoms with Crippen molar-refractivity contribution < 1.29 is 9.90 Å². The number of aliphatic hydroxyl groups is 1. The zero-order chi connectivity index (χ0) is 21.6. The molecule has 0 aliphatic rings. The summed E-state index contributed by atoms with van der Waals surface area (Å²) in [6.07, 6.45) is 4.61. The number of carbonyl (C=O) groups excluding carboxylic acids is 1. The third kappa shape index (κ3) is 5.06. The first-order valence-electron chi connectivity index (χ1n) is 9.50. The number of nitrogens with one attached hydrogen (secondary N) is 2. The molecular weight excluding hydrogens is 416 g/mol. The molecule has 4 rings (SSSR count). The average molecular weight is 435 g/mol. The first-order chi connectivity index (χ1) is 15.1. The van der Waals surface area contributed by atoms with Gasteiger partial charge in [-0.15, -0.1) is 0 Å². The fraction of sp³-hybridized carbons (Fsp3) is 0.0909. The van der Waals surface area contributed by atoms with Crippen LogP contribution < -0.4 is 10.6 Å². The third-order valence-electron chi connectivity index (χ3n) is 4.49. The van der Waals surface area contributed by atoms with Gasteiger partial charge in [-0.2, -0.15) is 10.1 Å². The Morgan fingerprint density at radius 3 is 2.74 bits per heavy atom. The number of hydrogen-bond acceptors (Lipinski definition) is 6. The zero-order valence-corrected chi connectivity index (χ0v) is 17.1. The van der Waals surface area contributed by atoms with E-state index in [1.54, 1.807) is 42.7 Å². The zero-order valence-electron chi connectivity index (χ0n) is 16.3.